The van der Waals surface area contributed by atoms with Crippen molar-refractivity contribution in [2.75, 3.05) is 26.7 Å². The van der Waals surface area contributed by atoms with Crippen molar-refractivity contribution < 1.29 is 0 Å². The number of rotatable bonds is 3. The van der Waals surface area contributed by atoms with Crippen LogP contribution in [0.3, 0.4) is 0 Å². The van der Waals surface area contributed by atoms with Crippen molar-refractivity contribution in [2.45, 2.75) is 26.7 Å². The monoisotopic (exact) mass is 170 g/mol. The van der Waals surface area contributed by atoms with Crippen molar-refractivity contribution in [3.05, 3.63) is 0 Å². The average Bonchev–Trinajstić information content (AvgIpc) is 2.36. The van der Waals surface area contributed by atoms with E-state index < -0.39 is 0 Å². The quantitative estimate of drug-likeness (QED) is 0.692. The summed E-state index contributed by atoms with van der Waals surface area (Å²) in [5.74, 6) is 0.853. The van der Waals surface area contributed by atoms with Crippen LogP contribution in [0.5, 0.6) is 0 Å². The summed E-state index contributed by atoms with van der Waals surface area (Å²) in [7, 11) is 2.21. The van der Waals surface area contributed by atoms with E-state index in [0.717, 1.165) is 18.9 Å². The summed E-state index contributed by atoms with van der Waals surface area (Å²) >= 11 is 0. The molecule has 0 spiro atoms. The van der Waals surface area contributed by atoms with E-state index in [1.54, 1.807) is 0 Å². The molecule has 2 N–H and O–H groups in total. The van der Waals surface area contributed by atoms with Gasteiger partial charge in [-0.15, -0.1) is 0 Å². The Balaban J connectivity index is 2.45. The molecular formula is C10H22N2. The smallest absolute Gasteiger partial charge is 0.00122 e. The normalized spacial score (nSPS) is 26.5. The van der Waals surface area contributed by atoms with Gasteiger partial charge < -0.3 is 10.6 Å². The molecule has 1 rings (SSSR count). The van der Waals surface area contributed by atoms with Gasteiger partial charge in [-0.3, -0.25) is 0 Å². The van der Waals surface area contributed by atoms with Gasteiger partial charge >= 0.3 is 0 Å². The molecule has 2 nitrogen and oxygen atoms in total. The van der Waals surface area contributed by atoms with Crippen molar-refractivity contribution in [1.82, 2.24) is 4.90 Å². The first-order valence-electron chi connectivity index (χ1n) is 4.95. The van der Waals surface area contributed by atoms with E-state index in [0.29, 0.717) is 5.41 Å². The summed E-state index contributed by atoms with van der Waals surface area (Å²) in [5.41, 5.74) is 6.05. The molecule has 1 fully saturated rings. The van der Waals surface area contributed by atoms with Crippen LogP contribution in [-0.2, 0) is 0 Å². The first-order chi connectivity index (χ1) is 5.56. The van der Waals surface area contributed by atoms with E-state index in [4.69, 9.17) is 5.73 Å². The van der Waals surface area contributed by atoms with Gasteiger partial charge in [-0.1, -0.05) is 13.8 Å². The molecule has 0 amide bonds. The molecule has 0 aromatic rings. The second-order valence-corrected chi connectivity index (χ2v) is 4.78. The Bertz CT molecular complexity index is 143. The van der Waals surface area contributed by atoms with E-state index in [2.05, 4.69) is 25.8 Å². The van der Waals surface area contributed by atoms with E-state index in [-0.39, 0.29) is 0 Å². The zero-order valence-corrected chi connectivity index (χ0v) is 8.64. The molecule has 1 unspecified atom stereocenters. The molecule has 1 saturated heterocycles. The van der Waals surface area contributed by atoms with E-state index in [1.807, 2.05) is 0 Å². The van der Waals surface area contributed by atoms with Gasteiger partial charge in [0.05, 0.1) is 0 Å². The predicted octanol–water partition coefficient (Wildman–Crippen LogP) is 1.31. The molecule has 0 aromatic carbocycles. The Morgan fingerprint density at radius 1 is 1.50 bits per heavy atom. The first-order valence-corrected chi connectivity index (χ1v) is 4.95. The molecular weight excluding hydrogens is 148 g/mol. The van der Waals surface area contributed by atoms with E-state index >= 15 is 0 Å². The highest BCUT2D eigenvalue weighted by molar-refractivity contribution is 4.85. The van der Waals surface area contributed by atoms with Crippen LogP contribution in [0.2, 0.25) is 0 Å². The molecule has 1 aliphatic heterocycles. The molecule has 1 atom stereocenters. The molecule has 0 aromatic heterocycles. The molecule has 12 heavy (non-hydrogen) atoms. The molecule has 2 heteroatoms. The average molecular weight is 170 g/mol. The van der Waals surface area contributed by atoms with Crippen LogP contribution < -0.4 is 5.73 Å². The molecule has 0 radical (unpaired) electrons. The van der Waals surface area contributed by atoms with Crippen LogP contribution in [0.15, 0.2) is 0 Å². The third-order valence-electron chi connectivity index (χ3n) is 3.29. The second-order valence-electron chi connectivity index (χ2n) is 4.78. The maximum Gasteiger partial charge on any atom is 0.00122 e. The molecule has 1 heterocycles. The summed E-state index contributed by atoms with van der Waals surface area (Å²) in [4.78, 5) is 2.42. The van der Waals surface area contributed by atoms with Crippen LogP contribution in [0, 0.1) is 11.3 Å². The van der Waals surface area contributed by atoms with Crippen molar-refractivity contribution in [3.8, 4) is 0 Å². The van der Waals surface area contributed by atoms with Crippen LogP contribution in [0.1, 0.15) is 26.7 Å². The van der Waals surface area contributed by atoms with Crippen molar-refractivity contribution in [2.24, 2.45) is 17.1 Å². The summed E-state index contributed by atoms with van der Waals surface area (Å²) in [6, 6.07) is 0. The standard InChI is InChI=1S/C10H22N2/c1-10(2,5-6-11)9-4-7-12(3)8-9/h9H,4-8,11H2,1-3H3. The molecule has 0 saturated carbocycles. The highest BCUT2D eigenvalue weighted by Crippen LogP contribution is 2.36. The van der Waals surface area contributed by atoms with Crippen molar-refractivity contribution in [3.63, 3.8) is 0 Å². The van der Waals surface area contributed by atoms with Gasteiger partial charge in [-0.2, -0.15) is 0 Å². The molecule has 72 valence electrons. The number of hydrogen-bond acceptors (Lipinski definition) is 2. The fraction of sp³-hybridized carbons (Fsp3) is 1.00. The van der Waals surface area contributed by atoms with E-state index in [9.17, 15) is 0 Å². The van der Waals surface area contributed by atoms with Gasteiger partial charge in [0, 0.05) is 6.54 Å². The second kappa shape index (κ2) is 3.75. The van der Waals surface area contributed by atoms with Gasteiger partial charge in [0.25, 0.3) is 0 Å². The van der Waals surface area contributed by atoms with Gasteiger partial charge in [0.2, 0.25) is 0 Å². The van der Waals surface area contributed by atoms with Crippen molar-refractivity contribution >= 4 is 0 Å². The highest BCUT2D eigenvalue weighted by Gasteiger charge is 2.32. The van der Waals surface area contributed by atoms with Crippen LogP contribution >= 0.6 is 0 Å². The molecule has 0 aliphatic carbocycles. The summed E-state index contributed by atoms with van der Waals surface area (Å²) in [5, 5.41) is 0. The Hall–Kier alpha value is -0.0800. The predicted molar refractivity (Wildman–Crippen MR) is 53.1 cm³/mol. The van der Waals surface area contributed by atoms with E-state index in [1.165, 1.54) is 19.5 Å². The molecule has 0 bridgehead atoms. The minimum Gasteiger partial charge on any atom is -0.330 e. The van der Waals surface area contributed by atoms with Crippen LogP contribution in [-0.4, -0.2) is 31.6 Å². The fourth-order valence-electron chi connectivity index (χ4n) is 2.15. The largest absolute Gasteiger partial charge is 0.330 e. The number of nitrogens with zero attached hydrogens (tertiary/aromatic N) is 1. The summed E-state index contributed by atoms with van der Waals surface area (Å²) in [6.45, 7) is 8.05. The minimum atomic E-state index is 0.444. The maximum absolute atomic E-state index is 5.60. The maximum atomic E-state index is 5.60. The van der Waals surface area contributed by atoms with Crippen molar-refractivity contribution in [1.29, 1.82) is 0 Å². The zero-order valence-electron chi connectivity index (χ0n) is 8.64. The SMILES string of the molecule is CN1CCC(C(C)(C)CCN)C1. The van der Waals surface area contributed by atoms with Gasteiger partial charge in [-0.05, 0) is 44.3 Å². The Kier molecular flexibility index (Phi) is 3.13. The number of nitrogens with two attached hydrogens (primary N) is 1. The van der Waals surface area contributed by atoms with Gasteiger partial charge in [0.1, 0.15) is 0 Å². The number of likely N-dealkylation sites (tertiary alicyclic amines) is 1. The lowest BCUT2D eigenvalue weighted by Gasteiger charge is -2.31. The minimum absolute atomic E-state index is 0.444. The van der Waals surface area contributed by atoms with Crippen LogP contribution in [0.4, 0.5) is 0 Å². The zero-order chi connectivity index (χ0) is 9.19. The Labute approximate surface area is 76.1 Å². The third-order valence-corrected chi connectivity index (χ3v) is 3.29. The van der Waals surface area contributed by atoms with Gasteiger partial charge in [0.15, 0.2) is 0 Å². The summed E-state index contributed by atoms with van der Waals surface area (Å²) < 4.78 is 0. The fourth-order valence-corrected chi connectivity index (χ4v) is 2.15. The lowest BCUT2D eigenvalue weighted by molar-refractivity contribution is 0.201. The lowest BCUT2D eigenvalue weighted by atomic mass is 9.76. The lowest BCUT2D eigenvalue weighted by Crippen LogP contribution is -2.29. The first kappa shape index (κ1) is 10.0. The topological polar surface area (TPSA) is 29.3 Å². The Morgan fingerprint density at radius 3 is 2.58 bits per heavy atom. The number of hydrogen-bond donors (Lipinski definition) is 1. The highest BCUT2D eigenvalue weighted by atomic mass is 15.1. The van der Waals surface area contributed by atoms with Crippen LogP contribution in [0.25, 0.3) is 0 Å². The molecule has 1 aliphatic rings. The Morgan fingerprint density at radius 2 is 2.17 bits per heavy atom. The van der Waals surface area contributed by atoms with Gasteiger partial charge in [-0.25, -0.2) is 0 Å². The third kappa shape index (κ3) is 2.20. The summed E-state index contributed by atoms with van der Waals surface area (Å²) in [6.07, 6.45) is 2.51.